The van der Waals surface area contributed by atoms with Crippen molar-refractivity contribution >= 4 is 5.96 Å². The molecule has 1 aromatic carbocycles. The maximum atomic E-state index is 9.88. The highest BCUT2D eigenvalue weighted by molar-refractivity contribution is 5.80. The van der Waals surface area contributed by atoms with Crippen molar-refractivity contribution in [3.05, 3.63) is 48.2 Å². The molecule has 7 nitrogen and oxygen atoms in total. The molecule has 1 aliphatic rings. The van der Waals surface area contributed by atoms with Gasteiger partial charge in [-0.25, -0.2) is 4.98 Å². The number of rotatable bonds is 5. The summed E-state index contributed by atoms with van der Waals surface area (Å²) in [5, 5.41) is 13.2. The maximum absolute atomic E-state index is 9.88. The zero-order valence-electron chi connectivity index (χ0n) is 15.1. The van der Waals surface area contributed by atoms with Gasteiger partial charge >= 0.3 is 0 Å². The molecule has 0 bridgehead atoms. The Balaban J connectivity index is 1.54. The van der Waals surface area contributed by atoms with Crippen molar-refractivity contribution in [1.82, 2.24) is 15.2 Å². The van der Waals surface area contributed by atoms with Crippen LogP contribution in [-0.2, 0) is 6.54 Å². The first-order chi connectivity index (χ1) is 12.7. The Morgan fingerprint density at radius 3 is 2.96 bits per heavy atom. The Morgan fingerprint density at radius 2 is 2.27 bits per heavy atom. The highest BCUT2D eigenvalue weighted by Gasteiger charge is 2.26. The molecule has 138 valence electrons. The topological polar surface area (TPSA) is 79.2 Å². The molecular formula is C19H24N4O3. The van der Waals surface area contributed by atoms with Gasteiger partial charge in [-0.15, -0.1) is 0 Å². The molecule has 1 unspecified atom stereocenters. The van der Waals surface area contributed by atoms with E-state index >= 15 is 0 Å². The van der Waals surface area contributed by atoms with E-state index in [1.54, 1.807) is 25.4 Å². The minimum absolute atomic E-state index is 0.0912. The van der Waals surface area contributed by atoms with Crippen LogP contribution in [0.5, 0.6) is 17.4 Å². The molecule has 0 spiro atoms. The molecule has 0 radical (unpaired) electrons. The molecule has 3 rings (SSSR count). The molecule has 1 aromatic heterocycles. The first kappa shape index (κ1) is 17.8. The number of hydrogen-bond donors (Lipinski definition) is 2. The van der Waals surface area contributed by atoms with Crippen LogP contribution in [0.2, 0.25) is 0 Å². The van der Waals surface area contributed by atoms with Gasteiger partial charge in [0, 0.05) is 38.8 Å². The van der Waals surface area contributed by atoms with Crippen molar-refractivity contribution in [2.45, 2.75) is 19.1 Å². The number of ether oxygens (including phenoxy) is 2. The molecule has 0 amide bonds. The fourth-order valence-electron chi connectivity index (χ4n) is 2.96. The van der Waals surface area contributed by atoms with Gasteiger partial charge in [0.1, 0.15) is 6.10 Å². The van der Waals surface area contributed by atoms with Crippen LogP contribution in [0, 0.1) is 0 Å². The molecule has 2 heterocycles. The van der Waals surface area contributed by atoms with E-state index in [1.165, 1.54) is 7.11 Å². The number of nitrogens with zero attached hydrogens (tertiary/aromatic N) is 3. The van der Waals surface area contributed by atoms with E-state index in [0.717, 1.165) is 31.0 Å². The first-order valence-corrected chi connectivity index (χ1v) is 8.58. The standard InChI is InChI=1S/C19H24N4O3/c1-20-19(22-12-14-6-7-17(25-2)16(24)11-14)23-10-8-15(13-23)26-18-5-3-4-9-21-18/h3-7,9,11,15,24H,8,10,12-13H2,1-2H3,(H,20,22). The number of likely N-dealkylation sites (tertiary alicyclic amines) is 1. The van der Waals surface area contributed by atoms with Crippen molar-refractivity contribution in [3.8, 4) is 17.4 Å². The van der Waals surface area contributed by atoms with E-state index < -0.39 is 0 Å². The summed E-state index contributed by atoms with van der Waals surface area (Å²) >= 11 is 0. The van der Waals surface area contributed by atoms with Gasteiger partial charge in [-0.2, -0.15) is 0 Å². The van der Waals surface area contributed by atoms with Gasteiger partial charge in [0.2, 0.25) is 5.88 Å². The predicted molar refractivity (Wildman–Crippen MR) is 99.7 cm³/mol. The summed E-state index contributed by atoms with van der Waals surface area (Å²) in [5.41, 5.74) is 0.949. The largest absolute Gasteiger partial charge is 0.504 e. The van der Waals surface area contributed by atoms with Crippen LogP contribution in [0.1, 0.15) is 12.0 Å². The van der Waals surface area contributed by atoms with E-state index in [4.69, 9.17) is 9.47 Å². The number of aliphatic imine (C=N–C) groups is 1. The average molecular weight is 356 g/mol. The highest BCUT2D eigenvalue weighted by Crippen LogP contribution is 2.26. The van der Waals surface area contributed by atoms with E-state index in [9.17, 15) is 5.11 Å². The van der Waals surface area contributed by atoms with Crippen molar-refractivity contribution in [2.75, 3.05) is 27.2 Å². The maximum Gasteiger partial charge on any atom is 0.213 e. The van der Waals surface area contributed by atoms with Crippen molar-refractivity contribution in [1.29, 1.82) is 0 Å². The summed E-state index contributed by atoms with van der Waals surface area (Å²) in [7, 11) is 3.30. The number of guanidine groups is 1. The lowest BCUT2D eigenvalue weighted by molar-refractivity contribution is 0.205. The molecule has 7 heteroatoms. The smallest absolute Gasteiger partial charge is 0.213 e. The van der Waals surface area contributed by atoms with Gasteiger partial charge in [0.05, 0.1) is 13.7 Å². The number of methoxy groups -OCH3 is 1. The Hall–Kier alpha value is -2.96. The number of pyridine rings is 1. The van der Waals surface area contributed by atoms with Gasteiger partial charge in [0.15, 0.2) is 17.5 Å². The SMILES string of the molecule is CN=C(NCc1ccc(OC)c(O)c1)N1CCC(Oc2ccccn2)C1. The molecule has 1 aliphatic heterocycles. The summed E-state index contributed by atoms with van der Waals surface area (Å²) in [4.78, 5) is 10.7. The number of nitrogens with one attached hydrogen (secondary N) is 1. The van der Waals surface area contributed by atoms with Crippen molar-refractivity contribution in [2.24, 2.45) is 4.99 Å². The van der Waals surface area contributed by atoms with Gasteiger partial charge in [0.25, 0.3) is 0 Å². The summed E-state index contributed by atoms with van der Waals surface area (Å²) in [6, 6.07) is 11.0. The summed E-state index contributed by atoms with van der Waals surface area (Å²) in [5.74, 6) is 2.06. The zero-order valence-corrected chi connectivity index (χ0v) is 15.1. The lowest BCUT2D eigenvalue weighted by Gasteiger charge is -2.21. The molecule has 0 saturated carbocycles. The van der Waals surface area contributed by atoms with Crippen LogP contribution in [0.3, 0.4) is 0 Å². The Labute approximate surface area is 153 Å². The third kappa shape index (κ3) is 4.36. The quantitative estimate of drug-likeness (QED) is 0.630. The molecule has 26 heavy (non-hydrogen) atoms. The lowest BCUT2D eigenvalue weighted by Crippen LogP contribution is -2.40. The minimum atomic E-state index is 0.0912. The number of aromatic hydroxyl groups is 1. The number of hydrogen-bond acceptors (Lipinski definition) is 5. The number of phenols is 1. The number of benzene rings is 1. The fraction of sp³-hybridized carbons (Fsp3) is 0.368. The number of aromatic nitrogens is 1. The lowest BCUT2D eigenvalue weighted by atomic mass is 10.2. The van der Waals surface area contributed by atoms with Crippen LogP contribution >= 0.6 is 0 Å². The van der Waals surface area contributed by atoms with Gasteiger partial charge in [-0.05, 0) is 23.8 Å². The fourth-order valence-corrected chi connectivity index (χ4v) is 2.96. The second-order valence-electron chi connectivity index (χ2n) is 6.05. The van der Waals surface area contributed by atoms with Gasteiger partial charge in [-0.3, -0.25) is 4.99 Å². The predicted octanol–water partition coefficient (Wildman–Crippen LogP) is 2.02. The van der Waals surface area contributed by atoms with Crippen LogP contribution in [-0.4, -0.2) is 54.3 Å². The third-order valence-corrected chi connectivity index (χ3v) is 4.28. The Morgan fingerprint density at radius 1 is 1.38 bits per heavy atom. The van der Waals surface area contributed by atoms with Gasteiger partial charge in [-0.1, -0.05) is 12.1 Å². The molecule has 1 saturated heterocycles. The van der Waals surface area contributed by atoms with Gasteiger partial charge < -0.3 is 24.8 Å². The molecule has 1 fully saturated rings. The van der Waals surface area contributed by atoms with Crippen LogP contribution < -0.4 is 14.8 Å². The molecule has 2 aromatic rings. The van der Waals surface area contributed by atoms with Crippen LogP contribution in [0.15, 0.2) is 47.6 Å². The average Bonchev–Trinajstić information content (AvgIpc) is 3.11. The molecule has 0 aliphatic carbocycles. The second-order valence-corrected chi connectivity index (χ2v) is 6.05. The number of phenolic OH excluding ortho intramolecular Hbond substituents is 1. The molecular weight excluding hydrogens is 332 g/mol. The van der Waals surface area contributed by atoms with E-state index in [0.29, 0.717) is 18.2 Å². The Bertz CT molecular complexity index is 752. The second kappa shape index (κ2) is 8.42. The van der Waals surface area contributed by atoms with Crippen LogP contribution in [0.4, 0.5) is 0 Å². The summed E-state index contributed by atoms with van der Waals surface area (Å²) < 4.78 is 11.0. The molecule has 1 atom stereocenters. The molecule has 2 N–H and O–H groups in total. The highest BCUT2D eigenvalue weighted by atomic mass is 16.5. The normalized spacial score (nSPS) is 17.2. The Kier molecular flexibility index (Phi) is 5.78. The van der Waals surface area contributed by atoms with E-state index in [-0.39, 0.29) is 11.9 Å². The van der Waals surface area contributed by atoms with E-state index in [2.05, 4.69) is 20.2 Å². The summed E-state index contributed by atoms with van der Waals surface area (Å²) in [6.45, 7) is 2.18. The minimum Gasteiger partial charge on any atom is -0.504 e. The monoisotopic (exact) mass is 356 g/mol. The third-order valence-electron chi connectivity index (χ3n) is 4.28. The summed E-state index contributed by atoms with van der Waals surface area (Å²) in [6.07, 6.45) is 2.74. The van der Waals surface area contributed by atoms with E-state index in [1.807, 2.05) is 24.3 Å². The first-order valence-electron chi connectivity index (χ1n) is 8.58. The van der Waals surface area contributed by atoms with Crippen LogP contribution in [0.25, 0.3) is 0 Å². The zero-order chi connectivity index (χ0) is 18.4. The van der Waals surface area contributed by atoms with Crippen molar-refractivity contribution in [3.63, 3.8) is 0 Å². The van der Waals surface area contributed by atoms with Crippen molar-refractivity contribution < 1.29 is 14.6 Å².